The van der Waals surface area contributed by atoms with Gasteiger partial charge < -0.3 is 0 Å². The van der Waals surface area contributed by atoms with E-state index in [0.29, 0.717) is 0 Å². The van der Waals surface area contributed by atoms with Crippen LogP contribution in [0.5, 0.6) is 0 Å². The minimum atomic E-state index is 0.0347. The molecule has 0 aromatic carbocycles. The topological polar surface area (TPSA) is 0 Å². The summed E-state index contributed by atoms with van der Waals surface area (Å²) >= 11 is 5.38. The van der Waals surface area contributed by atoms with Gasteiger partial charge >= 0.3 is 0 Å². The summed E-state index contributed by atoms with van der Waals surface area (Å²) in [5.41, 5.74) is 0.0695. The Morgan fingerprint density at radius 1 is 0.519 bits per heavy atom. The molecule has 0 aliphatic heterocycles. The summed E-state index contributed by atoms with van der Waals surface area (Å²) in [7, 11) is 0. The van der Waals surface area contributed by atoms with E-state index in [1.54, 1.807) is 22.7 Å². The van der Waals surface area contributed by atoms with E-state index < -0.39 is 0 Å². The fourth-order valence-corrected chi connectivity index (χ4v) is 5.08. The van der Waals surface area contributed by atoms with Gasteiger partial charge in [-0.15, -0.1) is 34.0 Å². The Kier molecular flexibility index (Phi) is 5.68. The van der Waals surface area contributed by atoms with Crippen molar-refractivity contribution in [1.29, 1.82) is 0 Å². The van der Waals surface area contributed by atoms with Gasteiger partial charge in [0.1, 0.15) is 0 Å². The van der Waals surface area contributed by atoms with Crippen molar-refractivity contribution in [2.75, 3.05) is 0 Å². The first kappa shape index (κ1) is 20.0. The number of hydrogen-bond acceptors (Lipinski definition) is 3. The van der Waals surface area contributed by atoms with E-state index >= 15 is 0 Å². The summed E-state index contributed by atoms with van der Waals surface area (Å²) in [6.07, 6.45) is 0. The molecule has 0 radical (unpaired) electrons. The lowest BCUT2D eigenvalue weighted by Gasteiger charge is -2.06. The number of thiophene rings is 3. The van der Waals surface area contributed by atoms with Crippen LogP contribution in [0.2, 0.25) is 0 Å². The molecule has 0 aliphatic rings. The van der Waals surface area contributed by atoms with Gasteiger partial charge in [-0.1, -0.05) is 23.7 Å². The van der Waals surface area contributed by atoms with Crippen LogP contribution in [0, 0.1) is 34.5 Å². The summed E-state index contributed by atoms with van der Waals surface area (Å²) in [5.74, 6) is 13.2. The molecular formula is C24H24S3. The molecule has 0 fully saturated rings. The minimum Gasteiger partial charge on any atom is -0.134 e. The molecule has 3 aromatic heterocycles. The summed E-state index contributed by atoms with van der Waals surface area (Å²) < 4.78 is 0. The van der Waals surface area contributed by atoms with E-state index in [-0.39, 0.29) is 10.8 Å². The fraction of sp³-hybridized carbons (Fsp3) is 0.333. The highest BCUT2D eigenvalue weighted by molar-refractivity contribution is 7.26. The lowest BCUT2D eigenvalue weighted by Crippen LogP contribution is -1.98. The van der Waals surface area contributed by atoms with E-state index in [1.165, 1.54) is 19.5 Å². The average Bonchev–Trinajstić information content (AvgIpc) is 3.28. The van der Waals surface area contributed by atoms with E-state index in [9.17, 15) is 0 Å². The molecule has 0 aliphatic carbocycles. The minimum absolute atomic E-state index is 0.0347. The Morgan fingerprint density at radius 3 is 1.22 bits per heavy atom. The van der Waals surface area contributed by atoms with Crippen molar-refractivity contribution in [2.45, 2.75) is 41.5 Å². The molecule has 0 bridgehead atoms. The highest BCUT2D eigenvalue weighted by atomic mass is 32.1. The Morgan fingerprint density at radius 2 is 0.852 bits per heavy atom. The van der Waals surface area contributed by atoms with Crippen molar-refractivity contribution < 1.29 is 0 Å². The molecule has 0 nitrogen and oxygen atoms in total. The summed E-state index contributed by atoms with van der Waals surface area (Å²) in [6.45, 7) is 12.8. The molecule has 138 valence electrons. The monoisotopic (exact) mass is 408 g/mol. The molecule has 0 saturated carbocycles. The van der Waals surface area contributed by atoms with E-state index in [1.807, 2.05) is 11.3 Å². The first-order chi connectivity index (χ1) is 12.6. The number of rotatable bonds is 2. The quantitative estimate of drug-likeness (QED) is 0.377. The van der Waals surface area contributed by atoms with Crippen LogP contribution in [0.4, 0.5) is 0 Å². The Balaban J connectivity index is 1.79. The number of hydrogen-bond donors (Lipinski definition) is 0. The van der Waals surface area contributed by atoms with Gasteiger partial charge in [-0.25, -0.2) is 0 Å². The highest BCUT2D eigenvalue weighted by Crippen LogP contribution is 2.39. The predicted octanol–water partition coefficient (Wildman–Crippen LogP) is 8.00. The third-order valence-corrected chi connectivity index (χ3v) is 6.90. The molecule has 0 saturated heterocycles. The first-order valence-corrected chi connectivity index (χ1v) is 11.4. The second-order valence-electron chi connectivity index (χ2n) is 8.49. The van der Waals surface area contributed by atoms with Crippen molar-refractivity contribution in [3.05, 3.63) is 46.2 Å². The van der Waals surface area contributed by atoms with Crippen LogP contribution in [0.15, 0.2) is 36.4 Å². The molecule has 0 N–H and O–H groups in total. The van der Waals surface area contributed by atoms with Crippen molar-refractivity contribution in [2.24, 2.45) is 10.8 Å². The normalized spacial score (nSPS) is 11.5. The van der Waals surface area contributed by atoms with Crippen molar-refractivity contribution in [3.8, 4) is 43.2 Å². The van der Waals surface area contributed by atoms with Crippen LogP contribution < -0.4 is 0 Å². The van der Waals surface area contributed by atoms with Gasteiger partial charge in [-0.2, -0.15) is 0 Å². The first-order valence-electron chi connectivity index (χ1n) is 8.96. The maximum atomic E-state index is 3.31. The van der Waals surface area contributed by atoms with Crippen LogP contribution >= 0.6 is 34.0 Å². The summed E-state index contributed by atoms with van der Waals surface area (Å²) in [4.78, 5) is 7.43. The second-order valence-corrected chi connectivity index (χ2v) is 11.7. The largest absolute Gasteiger partial charge is 0.134 e. The molecule has 3 rings (SSSR count). The molecule has 0 atom stereocenters. The average molecular weight is 409 g/mol. The molecule has 0 unspecified atom stereocenters. The SMILES string of the molecule is CC(C)(C)C#Cc1ccc(-c2ccc(-c3ccc(C#CC(C)(C)C)s3)s2)s1. The van der Waals surface area contributed by atoms with Gasteiger partial charge in [0.25, 0.3) is 0 Å². The lowest BCUT2D eigenvalue weighted by molar-refractivity contribution is 0.570. The van der Waals surface area contributed by atoms with Crippen LogP contribution in [-0.2, 0) is 0 Å². The van der Waals surface area contributed by atoms with Crippen LogP contribution in [0.3, 0.4) is 0 Å². The third kappa shape index (κ3) is 5.85. The van der Waals surface area contributed by atoms with Crippen LogP contribution in [0.1, 0.15) is 51.3 Å². The van der Waals surface area contributed by atoms with Crippen LogP contribution in [-0.4, -0.2) is 0 Å². The van der Waals surface area contributed by atoms with Crippen molar-refractivity contribution in [1.82, 2.24) is 0 Å². The maximum absolute atomic E-state index is 3.31. The Bertz CT molecular complexity index is 966. The van der Waals surface area contributed by atoms with Crippen molar-refractivity contribution in [3.63, 3.8) is 0 Å². The van der Waals surface area contributed by atoms with Crippen LogP contribution in [0.25, 0.3) is 19.5 Å². The molecule has 27 heavy (non-hydrogen) atoms. The van der Waals surface area contributed by atoms with E-state index in [2.05, 4.69) is 102 Å². The molecule has 3 heterocycles. The molecule has 0 spiro atoms. The Labute approximate surface area is 175 Å². The Hall–Kier alpha value is -1.78. The molecule has 3 aromatic rings. The zero-order valence-electron chi connectivity index (χ0n) is 16.7. The summed E-state index contributed by atoms with van der Waals surface area (Å²) in [6, 6.07) is 13.1. The van der Waals surface area contributed by atoms with Gasteiger partial charge in [0.15, 0.2) is 0 Å². The molecule has 0 amide bonds. The molecule has 3 heteroatoms. The van der Waals surface area contributed by atoms with Gasteiger partial charge in [-0.05, 0) is 77.9 Å². The fourth-order valence-electron chi connectivity index (χ4n) is 2.18. The standard InChI is InChI=1S/C24H24S3/c1-23(2,3)15-13-17-7-9-19(25-17)21-11-12-22(27-21)20-10-8-18(26-20)14-16-24(4,5)6/h7-12H,1-6H3. The lowest BCUT2D eigenvalue weighted by atomic mass is 9.98. The van der Waals surface area contributed by atoms with E-state index in [0.717, 1.165) is 9.75 Å². The highest BCUT2D eigenvalue weighted by Gasteiger charge is 2.10. The third-order valence-electron chi connectivity index (χ3n) is 3.43. The predicted molar refractivity (Wildman–Crippen MR) is 124 cm³/mol. The zero-order valence-corrected chi connectivity index (χ0v) is 19.1. The summed E-state index contributed by atoms with van der Waals surface area (Å²) in [5, 5.41) is 0. The van der Waals surface area contributed by atoms with Crippen molar-refractivity contribution >= 4 is 34.0 Å². The smallest absolute Gasteiger partial charge is 0.0775 e. The second kappa shape index (κ2) is 7.69. The zero-order chi connectivity index (χ0) is 19.7. The maximum Gasteiger partial charge on any atom is 0.0775 e. The van der Waals surface area contributed by atoms with E-state index in [4.69, 9.17) is 0 Å². The van der Waals surface area contributed by atoms with Gasteiger partial charge in [0.2, 0.25) is 0 Å². The molecular weight excluding hydrogens is 384 g/mol. The van der Waals surface area contributed by atoms with Gasteiger partial charge in [-0.3, -0.25) is 0 Å². The van der Waals surface area contributed by atoms with Gasteiger partial charge in [0.05, 0.1) is 9.75 Å². The van der Waals surface area contributed by atoms with Gasteiger partial charge in [0, 0.05) is 30.3 Å².